The molecule has 1 saturated carbocycles. The molecule has 0 radical (unpaired) electrons. The second kappa shape index (κ2) is 5.76. The molecule has 2 rings (SSSR count). The van der Waals surface area contributed by atoms with Gasteiger partial charge in [-0.25, -0.2) is 18.1 Å². The van der Waals surface area contributed by atoms with Crippen molar-refractivity contribution in [2.75, 3.05) is 12.3 Å². The molecule has 106 valence electrons. The van der Waals surface area contributed by atoms with Gasteiger partial charge < -0.3 is 5.73 Å². The van der Waals surface area contributed by atoms with Crippen molar-refractivity contribution >= 4 is 31.8 Å². The van der Waals surface area contributed by atoms with Crippen LogP contribution in [0.1, 0.15) is 26.2 Å². The van der Waals surface area contributed by atoms with Crippen molar-refractivity contribution in [1.82, 2.24) is 9.71 Å². The van der Waals surface area contributed by atoms with E-state index < -0.39 is 10.0 Å². The van der Waals surface area contributed by atoms with E-state index in [1.54, 1.807) is 0 Å². The molecule has 0 aliphatic heterocycles. The Hall–Kier alpha value is -0.660. The van der Waals surface area contributed by atoms with Gasteiger partial charge in [0.25, 0.3) is 0 Å². The van der Waals surface area contributed by atoms with Crippen molar-refractivity contribution in [3.8, 4) is 0 Å². The van der Waals surface area contributed by atoms with E-state index in [1.807, 2.05) is 0 Å². The first kappa shape index (κ1) is 14.7. The van der Waals surface area contributed by atoms with Crippen molar-refractivity contribution in [2.45, 2.75) is 31.1 Å². The number of rotatable bonds is 4. The van der Waals surface area contributed by atoms with Crippen LogP contribution in [0.3, 0.4) is 0 Å². The number of aromatic nitrogens is 1. The van der Waals surface area contributed by atoms with E-state index in [2.05, 4.69) is 32.6 Å². The smallest absolute Gasteiger partial charge is 0.244 e. The Morgan fingerprint density at radius 2 is 2.26 bits per heavy atom. The molecule has 1 fully saturated rings. The Morgan fingerprint density at radius 3 is 2.89 bits per heavy atom. The molecular formula is C12H18BrN3O2S. The van der Waals surface area contributed by atoms with Gasteiger partial charge in [0.1, 0.15) is 10.7 Å². The van der Waals surface area contributed by atoms with Gasteiger partial charge in [0.05, 0.1) is 0 Å². The van der Waals surface area contributed by atoms with E-state index in [-0.39, 0.29) is 10.7 Å². The molecule has 0 saturated heterocycles. The van der Waals surface area contributed by atoms with E-state index in [0.717, 1.165) is 12.8 Å². The van der Waals surface area contributed by atoms with E-state index >= 15 is 0 Å². The zero-order chi connectivity index (χ0) is 14.0. The van der Waals surface area contributed by atoms with Crippen LogP contribution in [-0.4, -0.2) is 19.9 Å². The summed E-state index contributed by atoms with van der Waals surface area (Å²) in [5.41, 5.74) is 5.63. The van der Waals surface area contributed by atoms with Crippen LogP contribution in [0.2, 0.25) is 0 Å². The van der Waals surface area contributed by atoms with Crippen LogP contribution in [0, 0.1) is 11.8 Å². The summed E-state index contributed by atoms with van der Waals surface area (Å²) < 4.78 is 27.6. The van der Waals surface area contributed by atoms with E-state index in [0.29, 0.717) is 22.9 Å². The van der Waals surface area contributed by atoms with Crippen LogP contribution >= 0.6 is 15.9 Å². The second-order valence-corrected chi connectivity index (χ2v) is 7.82. The molecule has 2 unspecified atom stereocenters. The molecular weight excluding hydrogens is 330 g/mol. The first-order chi connectivity index (χ1) is 8.88. The standard InChI is InChI=1S/C12H18BrN3O2S/c1-8-2-3-9(4-8)6-16-19(17,18)11-5-10(13)7-15-12(11)14/h5,7-9,16H,2-4,6H2,1H3,(H2,14,15). The van der Waals surface area contributed by atoms with Gasteiger partial charge in [-0.2, -0.15) is 0 Å². The van der Waals surface area contributed by atoms with Crippen LogP contribution in [0.25, 0.3) is 0 Å². The number of pyridine rings is 1. The number of nitrogens with one attached hydrogen (secondary N) is 1. The number of nitrogen functional groups attached to an aromatic ring is 1. The van der Waals surface area contributed by atoms with Crippen LogP contribution in [-0.2, 0) is 10.0 Å². The maximum atomic E-state index is 12.2. The summed E-state index contributed by atoms with van der Waals surface area (Å²) in [5, 5.41) is 0. The molecule has 0 bridgehead atoms. The van der Waals surface area contributed by atoms with Gasteiger partial charge in [0, 0.05) is 17.2 Å². The highest BCUT2D eigenvalue weighted by Crippen LogP contribution is 2.30. The minimum Gasteiger partial charge on any atom is -0.383 e. The summed E-state index contributed by atoms with van der Waals surface area (Å²) in [6.07, 6.45) is 4.81. The summed E-state index contributed by atoms with van der Waals surface area (Å²) in [7, 11) is -3.59. The predicted molar refractivity (Wildman–Crippen MR) is 78.0 cm³/mol. The predicted octanol–water partition coefficient (Wildman–Crippen LogP) is 2.14. The number of sulfonamides is 1. The molecule has 1 aromatic heterocycles. The minimum atomic E-state index is -3.59. The normalized spacial score (nSPS) is 23.7. The number of anilines is 1. The minimum absolute atomic E-state index is 0.0236. The first-order valence-electron chi connectivity index (χ1n) is 6.29. The van der Waals surface area contributed by atoms with E-state index in [4.69, 9.17) is 5.73 Å². The van der Waals surface area contributed by atoms with Crippen LogP contribution < -0.4 is 10.5 Å². The summed E-state index contributed by atoms with van der Waals surface area (Å²) in [6, 6.07) is 1.47. The van der Waals surface area contributed by atoms with E-state index in [9.17, 15) is 8.42 Å². The van der Waals surface area contributed by atoms with Gasteiger partial charge in [-0.3, -0.25) is 0 Å². The molecule has 19 heavy (non-hydrogen) atoms. The Kier molecular flexibility index (Phi) is 4.47. The first-order valence-corrected chi connectivity index (χ1v) is 8.57. The molecule has 0 spiro atoms. The molecule has 1 aromatic rings. The molecule has 1 heterocycles. The Balaban J connectivity index is 2.08. The fraction of sp³-hybridized carbons (Fsp3) is 0.583. The van der Waals surface area contributed by atoms with Gasteiger partial charge in [0.2, 0.25) is 10.0 Å². The third kappa shape index (κ3) is 3.67. The van der Waals surface area contributed by atoms with Crippen LogP contribution in [0.5, 0.6) is 0 Å². The second-order valence-electron chi connectivity index (χ2n) is 5.17. The zero-order valence-electron chi connectivity index (χ0n) is 10.8. The van der Waals surface area contributed by atoms with E-state index in [1.165, 1.54) is 18.7 Å². The molecule has 0 aromatic carbocycles. The van der Waals surface area contributed by atoms with Gasteiger partial charge in [-0.05, 0) is 46.7 Å². The van der Waals surface area contributed by atoms with Crippen molar-refractivity contribution in [3.63, 3.8) is 0 Å². The molecule has 1 aliphatic rings. The van der Waals surface area contributed by atoms with Gasteiger partial charge in [0.15, 0.2) is 0 Å². The molecule has 3 N–H and O–H groups in total. The summed E-state index contributed by atoms with van der Waals surface area (Å²) in [6.45, 7) is 2.67. The highest BCUT2D eigenvalue weighted by Gasteiger charge is 2.24. The number of nitrogens with zero attached hydrogens (tertiary/aromatic N) is 1. The monoisotopic (exact) mass is 347 g/mol. The fourth-order valence-corrected chi connectivity index (χ4v) is 4.17. The Labute approximate surface area is 122 Å². The van der Waals surface area contributed by atoms with Gasteiger partial charge in [-0.15, -0.1) is 0 Å². The lowest BCUT2D eigenvalue weighted by molar-refractivity contribution is 0.498. The average Bonchev–Trinajstić information content (AvgIpc) is 2.76. The zero-order valence-corrected chi connectivity index (χ0v) is 13.2. The lowest BCUT2D eigenvalue weighted by Gasteiger charge is -2.12. The molecule has 5 nitrogen and oxygen atoms in total. The van der Waals surface area contributed by atoms with Gasteiger partial charge in [-0.1, -0.05) is 13.3 Å². The molecule has 1 aliphatic carbocycles. The number of nitrogens with two attached hydrogens (primary N) is 1. The largest absolute Gasteiger partial charge is 0.383 e. The SMILES string of the molecule is CC1CCC(CNS(=O)(=O)c2cc(Br)cnc2N)C1. The van der Waals surface area contributed by atoms with Crippen molar-refractivity contribution < 1.29 is 8.42 Å². The lowest BCUT2D eigenvalue weighted by atomic mass is 10.1. The van der Waals surface area contributed by atoms with Crippen molar-refractivity contribution in [1.29, 1.82) is 0 Å². The summed E-state index contributed by atoms with van der Waals surface area (Å²) >= 11 is 3.20. The Bertz CT molecular complexity index is 562. The highest BCUT2D eigenvalue weighted by atomic mass is 79.9. The lowest BCUT2D eigenvalue weighted by Crippen LogP contribution is -2.29. The maximum Gasteiger partial charge on any atom is 0.244 e. The number of hydrogen-bond acceptors (Lipinski definition) is 4. The summed E-state index contributed by atoms with van der Waals surface area (Å²) in [5.74, 6) is 1.13. The van der Waals surface area contributed by atoms with Crippen LogP contribution in [0.4, 0.5) is 5.82 Å². The summed E-state index contributed by atoms with van der Waals surface area (Å²) in [4.78, 5) is 3.88. The average molecular weight is 348 g/mol. The highest BCUT2D eigenvalue weighted by molar-refractivity contribution is 9.10. The molecule has 2 atom stereocenters. The van der Waals surface area contributed by atoms with Gasteiger partial charge >= 0.3 is 0 Å². The molecule has 7 heteroatoms. The number of hydrogen-bond donors (Lipinski definition) is 2. The van der Waals surface area contributed by atoms with Crippen LogP contribution in [0.15, 0.2) is 21.6 Å². The molecule has 0 amide bonds. The third-order valence-corrected chi connectivity index (χ3v) is 5.39. The fourth-order valence-electron chi connectivity index (χ4n) is 2.46. The number of halogens is 1. The van der Waals surface area contributed by atoms with Crippen molar-refractivity contribution in [3.05, 3.63) is 16.7 Å². The quantitative estimate of drug-likeness (QED) is 0.873. The van der Waals surface area contributed by atoms with Crippen molar-refractivity contribution in [2.24, 2.45) is 11.8 Å². The third-order valence-electron chi connectivity index (χ3n) is 3.50. The topological polar surface area (TPSA) is 85.1 Å². The maximum absolute atomic E-state index is 12.2. The Morgan fingerprint density at radius 1 is 1.53 bits per heavy atom.